The lowest BCUT2D eigenvalue weighted by atomic mass is 10.1. The van der Waals surface area contributed by atoms with Crippen LogP contribution in [0.5, 0.6) is 0 Å². The van der Waals surface area contributed by atoms with Gasteiger partial charge in [-0.25, -0.2) is 0 Å². The number of hydrogen-bond donors (Lipinski definition) is 0. The Hall–Kier alpha value is -0.140. The molecule has 0 amide bonds. The molecule has 1 saturated carbocycles. The maximum absolute atomic E-state index is 5.93. The lowest BCUT2D eigenvalue weighted by molar-refractivity contribution is 0.564. The number of rotatable bonds is 5. The molecule has 0 nitrogen and oxygen atoms in total. The molecule has 2 rings (SSSR count). The summed E-state index contributed by atoms with van der Waals surface area (Å²) in [6, 6.07) is 10.6. The van der Waals surface area contributed by atoms with Gasteiger partial charge in [-0.2, -0.15) is 0 Å². The fraction of sp³-hybridized carbons (Fsp3) is 0.500. The zero-order chi connectivity index (χ0) is 9.86. The smallest absolute Gasteiger partial charge is 0.0280 e. The van der Waals surface area contributed by atoms with Crippen molar-refractivity contribution in [2.24, 2.45) is 5.41 Å². The zero-order valence-electron chi connectivity index (χ0n) is 8.21. The predicted octanol–water partition coefficient (Wildman–Crippen LogP) is 4.19. The Kier molecular flexibility index (Phi) is 3.40. The molecule has 0 unspecified atom stereocenters. The number of alkyl halides is 1. The van der Waals surface area contributed by atoms with E-state index in [1.165, 1.54) is 29.9 Å². The van der Waals surface area contributed by atoms with E-state index in [0.29, 0.717) is 5.41 Å². The molecule has 0 atom stereocenters. The SMILES string of the molecule is ClCC1(CCSc2ccccc2)CC1. The van der Waals surface area contributed by atoms with Crippen molar-refractivity contribution in [2.45, 2.75) is 24.2 Å². The maximum atomic E-state index is 5.93. The second-order valence-electron chi connectivity index (χ2n) is 4.05. The van der Waals surface area contributed by atoms with Crippen LogP contribution in [0.25, 0.3) is 0 Å². The quantitative estimate of drug-likeness (QED) is 0.536. The fourth-order valence-corrected chi connectivity index (χ4v) is 3.05. The van der Waals surface area contributed by atoms with Crippen LogP contribution in [-0.2, 0) is 0 Å². The molecule has 1 aromatic carbocycles. The topological polar surface area (TPSA) is 0 Å². The van der Waals surface area contributed by atoms with Crippen LogP contribution in [0.2, 0.25) is 0 Å². The van der Waals surface area contributed by atoms with Crippen molar-refractivity contribution in [3.05, 3.63) is 30.3 Å². The van der Waals surface area contributed by atoms with E-state index in [9.17, 15) is 0 Å². The highest BCUT2D eigenvalue weighted by Gasteiger charge is 2.40. The molecule has 1 fully saturated rings. The van der Waals surface area contributed by atoms with Crippen LogP contribution in [0.15, 0.2) is 35.2 Å². The van der Waals surface area contributed by atoms with Crippen molar-refractivity contribution in [1.29, 1.82) is 0 Å². The summed E-state index contributed by atoms with van der Waals surface area (Å²) in [5.74, 6) is 2.05. The van der Waals surface area contributed by atoms with E-state index in [4.69, 9.17) is 11.6 Å². The summed E-state index contributed by atoms with van der Waals surface area (Å²) >= 11 is 7.87. The largest absolute Gasteiger partial charge is 0.126 e. The van der Waals surface area contributed by atoms with Crippen LogP contribution >= 0.6 is 23.4 Å². The lowest BCUT2D eigenvalue weighted by Crippen LogP contribution is -2.03. The van der Waals surface area contributed by atoms with Crippen LogP contribution in [-0.4, -0.2) is 11.6 Å². The second-order valence-corrected chi connectivity index (χ2v) is 5.48. The Balaban J connectivity index is 1.73. The van der Waals surface area contributed by atoms with Crippen LogP contribution in [0.4, 0.5) is 0 Å². The van der Waals surface area contributed by atoms with Crippen LogP contribution < -0.4 is 0 Å². The summed E-state index contributed by atoms with van der Waals surface area (Å²) in [5, 5.41) is 0. The van der Waals surface area contributed by atoms with E-state index < -0.39 is 0 Å². The summed E-state index contributed by atoms with van der Waals surface area (Å²) in [6.45, 7) is 0. The Morgan fingerprint density at radius 1 is 1.21 bits per heavy atom. The van der Waals surface area contributed by atoms with E-state index in [1.54, 1.807) is 0 Å². The molecule has 1 aliphatic rings. The van der Waals surface area contributed by atoms with Crippen LogP contribution in [0.3, 0.4) is 0 Å². The summed E-state index contributed by atoms with van der Waals surface area (Å²) in [4.78, 5) is 1.37. The van der Waals surface area contributed by atoms with Crippen molar-refractivity contribution in [3.8, 4) is 0 Å². The van der Waals surface area contributed by atoms with Gasteiger partial charge in [0.1, 0.15) is 0 Å². The summed E-state index contributed by atoms with van der Waals surface area (Å²) in [7, 11) is 0. The average molecular weight is 227 g/mol. The minimum atomic E-state index is 0.517. The Morgan fingerprint density at radius 3 is 2.50 bits per heavy atom. The summed E-state index contributed by atoms with van der Waals surface area (Å²) in [5.41, 5.74) is 0.517. The highest BCUT2D eigenvalue weighted by atomic mass is 35.5. The lowest BCUT2D eigenvalue weighted by Gasteiger charge is -2.09. The molecule has 0 aromatic heterocycles. The van der Waals surface area contributed by atoms with E-state index >= 15 is 0 Å². The third-order valence-electron chi connectivity index (χ3n) is 2.88. The highest BCUT2D eigenvalue weighted by Crippen LogP contribution is 2.50. The minimum Gasteiger partial charge on any atom is -0.126 e. The molecule has 0 bridgehead atoms. The van der Waals surface area contributed by atoms with E-state index in [0.717, 1.165) is 5.88 Å². The number of thioether (sulfide) groups is 1. The minimum absolute atomic E-state index is 0.517. The first-order valence-electron chi connectivity index (χ1n) is 5.08. The van der Waals surface area contributed by atoms with Gasteiger partial charge in [0.25, 0.3) is 0 Å². The zero-order valence-corrected chi connectivity index (χ0v) is 9.78. The van der Waals surface area contributed by atoms with E-state index in [-0.39, 0.29) is 0 Å². The van der Waals surface area contributed by atoms with Gasteiger partial charge in [0, 0.05) is 10.8 Å². The van der Waals surface area contributed by atoms with Gasteiger partial charge >= 0.3 is 0 Å². The van der Waals surface area contributed by atoms with Crippen molar-refractivity contribution < 1.29 is 0 Å². The molecular weight excluding hydrogens is 212 g/mol. The van der Waals surface area contributed by atoms with Crippen molar-refractivity contribution in [3.63, 3.8) is 0 Å². The van der Waals surface area contributed by atoms with Gasteiger partial charge in [-0.05, 0) is 42.6 Å². The van der Waals surface area contributed by atoms with Crippen LogP contribution in [0, 0.1) is 5.41 Å². The molecule has 0 radical (unpaired) electrons. The molecule has 0 spiro atoms. The number of benzene rings is 1. The third-order valence-corrected chi connectivity index (χ3v) is 4.47. The van der Waals surface area contributed by atoms with Gasteiger partial charge in [-0.15, -0.1) is 23.4 Å². The second kappa shape index (κ2) is 4.59. The maximum Gasteiger partial charge on any atom is 0.0280 e. The molecule has 0 heterocycles. The predicted molar refractivity (Wildman–Crippen MR) is 64.2 cm³/mol. The normalized spacial score (nSPS) is 18.1. The van der Waals surface area contributed by atoms with Gasteiger partial charge in [-0.1, -0.05) is 18.2 Å². The van der Waals surface area contributed by atoms with Gasteiger partial charge < -0.3 is 0 Å². The van der Waals surface area contributed by atoms with Crippen molar-refractivity contribution in [2.75, 3.05) is 11.6 Å². The first-order valence-corrected chi connectivity index (χ1v) is 6.61. The highest BCUT2D eigenvalue weighted by molar-refractivity contribution is 7.99. The fourth-order valence-electron chi connectivity index (χ4n) is 1.53. The van der Waals surface area contributed by atoms with Gasteiger partial charge in [0.2, 0.25) is 0 Å². The molecule has 0 aliphatic heterocycles. The molecule has 0 saturated heterocycles. The third kappa shape index (κ3) is 2.68. The van der Waals surface area contributed by atoms with Crippen molar-refractivity contribution in [1.82, 2.24) is 0 Å². The van der Waals surface area contributed by atoms with Gasteiger partial charge in [-0.3, -0.25) is 0 Å². The monoisotopic (exact) mass is 226 g/mol. The molecule has 2 heteroatoms. The van der Waals surface area contributed by atoms with Crippen LogP contribution in [0.1, 0.15) is 19.3 Å². The van der Waals surface area contributed by atoms with E-state index in [2.05, 4.69) is 30.3 Å². The molecule has 14 heavy (non-hydrogen) atoms. The molecule has 0 N–H and O–H groups in total. The van der Waals surface area contributed by atoms with E-state index in [1.807, 2.05) is 11.8 Å². The average Bonchev–Trinajstić information content (AvgIpc) is 3.00. The summed E-state index contributed by atoms with van der Waals surface area (Å²) < 4.78 is 0. The van der Waals surface area contributed by atoms with Gasteiger partial charge in [0.05, 0.1) is 0 Å². The van der Waals surface area contributed by atoms with Gasteiger partial charge in [0.15, 0.2) is 0 Å². The molecule has 1 aromatic rings. The molecular formula is C12H15ClS. The van der Waals surface area contributed by atoms with Crippen molar-refractivity contribution >= 4 is 23.4 Å². The Labute approximate surface area is 95.0 Å². The molecule has 1 aliphatic carbocycles. The summed E-state index contributed by atoms with van der Waals surface area (Å²) in [6.07, 6.45) is 3.95. The number of halogens is 1. The Bertz CT molecular complexity index is 280. The Morgan fingerprint density at radius 2 is 1.93 bits per heavy atom. The first-order chi connectivity index (χ1) is 6.85. The standard InChI is InChI=1S/C12H15ClS/c13-10-12(6-7-12)8-9-14-11-4-2-1-3-5-11/h1-5H,6-10H2. The first kappa shape index (κ1) is 10.4. The number of hydrogen-bond acceptors (Lipinski definition) is 1. The molecule has 76 valence electrons.